The molecule has 0 aliphatic rings. The van der Waals surface area contributed by atoms with Crippen molar-refractivity contribution in [1.29, 1.82) is 0 Å². The highest BCUT2D eigenvalue weighted by atomic mass is 16.6. The Kier molecular flexibility index (Phi) is 3.83. The number of hydrogen-bond donors (Lipinski definition) is 1. The van der Waals surface area contributed by atoms with Crippen molar-refractivity contribution in [3.63, 3.8) is 0 Å². The van der Waals surface area contributed by atoms with Crippen LogP contribution in [0.3, 0.4) is 0 Å². The summed E-state index contributed by atoms with van der Waals surface area (Å²) in [6.45, 7) is 0.298. The van der Waals surface area contributed by atoms with Crippen molar-refractivity contribution in [3.05, 3.63) is 66.0 Å². The van der Waals surface area contributed by atoms with E-state index in [-0.39, 0.29) is 5.91 Å². The maximum Gasteiger partial charge on any atom is 0.274 e. The van der Waals surface area contributed by atoms with Crippen LogP contribution < -0.4 is 5.48 Å². The number of aromatic nitrogens is 1. The van der Waals surface area contributed by atoms with Crippen LogP contribution in [0.25, 0.3) is 0 Å². The summed E-state index contributed by atoms with van der Waals surface area (Å²) in [6, 6.07) is 12.6. The third kappa shape index (κ3) is 3.39. The molecule has 0 atom stereocenters. The van der Waals surface area contributed by atoms with Crippen LogP contribution in [0.15, 0.2) is 54.9 Å². The molecule has 1 aromatic heterocycles. The van der Waals surface area contributed by atoms with Gasteiger partial charge >= 0.3 is 0 Å². The Hall–Kier alpha value is -2.20. The Balaban J connectivity index is 1.82. The van der Waals surface area contributed by atoms with Gasteiger partial charge in [0, 0.05) is 18.0 Å². The smallest absolute Gasteiger partial charge is 0.269 e. The number of rotatable bonds is 4. The first-order chi connectivity index (χ1) is 8.36. The normalized spacial score (nSPS) is 9.88. The summed E-state index contributed by atoms with van der Waals surface area (Å²) in [4.78, 5) is 20.6. The lowest BCUT2D eigenvalue weighted by Crippen LogP contribution is -2.23. The lowest BCUT2D eigenvalue weighted by atomic mass is 10.2. The summed E-state index contributed by atoms with van der Waals surface area (Å²) in [6.07, 6.45) is 3.38. The second-order valence-electron chi connectivity index (χ2n) is 3.45. The number of carbonyl (C=O) groups excluding carboxylic acids is 1. The molecular weight excluding hydrogens is 216 g/mol. The van der Waals surface area contributed by atoms with E-state index in [1.807, 2.05) is 18.2 Å². The highest BCUT2D eigenvalue weighted by Crippen LogP contribution is 1.99. The molecule has 0 fully saturated rings. The van der Waals surface area contributed by atoms with E-state index in [2.05, 4.69) is 10.5 Å². The quantitative estimate of drug-likeness (QED) is 0.814. The molecule has 2 aromatic rings. The Labute approximate surface area is 99.2 Å². The summed E-state index contributed by atoms with van der Waals surface area (Å²) >= 11 is 0. The number of pyridine rings is 1. The van der Waals surface area contributed by atoms with Crippen molar-refractivity contribution in [1.82, 2.24) is 10.5 Å². The van der Waals surface area contributed by atoms with Gasteiger partial charge in [-0.05, 0) is 23.8 Å². The van der Waals surface area contributed by atoms with E-state index in [9.17, 15) is 4.79 Å². The van der Waals surface area contributed by atoms with Gasteiger partial charge in [0.05, 0.1) is 0 Å². The molecule has 17 heavy (non-hydrogen) atoms. The van der Waals surface area contributed by atoms with Gasteiger partial charge in [-0.2, -0.15) is 0 Å². The number of carbonyl (C=O) groups is 1. The Morgan fingerprint density at radius 1 is 1.18 bits per heavy atom. The number of nitrogens with one attached hydrogen (secondary N) is 1. The van der Waals surface area contributed by atoms with Gasteiger partial charge in [0.2, 0.25) is 0 Å². The van der Waals surface area contributed by atoms with Gasteiger partial charge in [0.1, 0.15) is 6.61 Å². The summed E-state index contributed by atoms with van der Waals surface area (Å²) in [5.74, 6) is -0.255. The van der Waals surface area contributed by atoms with E-state index in [4.69, 9.17) is 4.84 Å². The van der Waals surface area contributed by atoms with Gasteiger partial charge < -0.3 is 0 Å². The predicted molar refractivity (Wildman–Crippen MR) is 62.9 cm³/mol. The van der Waals surface area contributed by atoms with Crippen LogP contribution in [-0.2, 0) is 11.4 Å². The van der Waals surface area contributed by atoms with Crippen LogP contribution in [0, 0.1) is 0 Å². The molecule has 0 unspecified atom stereocenters. The first kappa shape index (κ1) is 11.3. The molecule has 0 bridgehead atoms. The van der Waals surface area contributed by atoms with Gasteiger partial charge in [-0.3, -0.25) is 14.6 Å². The maximum absolute atomic E-state index is 11.6. The SMILES string of the molecule is O=C(NOCc1cccnc1)c1ccccc1. The van der Waals surface area contributed by atoms with E-state index in [1.165, 1.54) is 0 Å². The second kappa shape index (κ2) is 5.77. The average molecular weight is 228 g/mol. The topological polar surface area (TPSA) is 51.2 Å². The molecular formula is C13H12N2O2. The van der Waals surface area contributed by atoms with Gasteiger partial charge in [-0.1, -0.05) is 24.3 Å². The van der Waals surface area contributed by atoms with E-state index in [0.717, 1.165) is 5.56 Å². The molecule has 1 aromatic carbocycles. The third-order valence-electron chi connectivity index (χ3n) is 2.16. The van der Waals surface area contributed by atoms with Crippen molar-refractivity contribution in [2.24, 2.45) is 0 Å². The first-order valence-electron chi connectivity index (χ1n) is 5.22. The fourth-order valence-corrected chi connectivity index (χ4v) is 1.32. The zero-order valence-corrected chi connectivity index (χ0v) is 9.17. The number of hydrogen-bond acceptors (Lipinski definition) is 3. The minimum atomic E-state index is -0.255. The van der Waals surface area contributed by atoms with Crippen LogP contribution in [-0.4, -0.2) is 10.9 Å². The van der Waals surface area contributed by atoms with Gasteiger partial charge in [0.15, 0.2) is 0 Å². The van der Waals surface area contributed by atoms with E-state index >= 15 is 0 Å². The molecule has 4 nitrogen and oxygen atoms in total. The molecule has 0 radical (unpaired) electrons. The summed E-state index contributed by atoms with van der Waals surface area (Å²) in [7, 11) is 0. The van der Waals surface area contributed by atoms with Crippen molar-refractivity contribution >= 4 is 5.91 Å². The monoisotopic (exact) mass is 228 g/mol. The van der Waals surface area contributed by atoms with Crippen molar-refractivity contribution in [2.45, 2.75) is 6.61 Å². The molecule has 0 saturated heterocycles. The maximum atomic E-state index is 11.6. The fourth-order valence-electron chi connectivity index (χ4n) is 1.32. The Morgan fingerprint density at radius 3 is 2.71 bits per heavy atom. The lowest BCUT2D eigenvalue weighted by molar-refractivity contribution is 0.0232. The molecule has 1 heterocycles. The van der Waals surface area contributed by atoms with Gasteiger partial charge in [-0.25, -0.2) is 5.48 Å². The van der Waals surface area contributed by atoms with E-state index in [0.29, 0.717) is 12.2 Å². The summed E-state index contributed by atoms with van der Waals surface area (Å²) < 4.78 is 0. The molecule has 4 heteroatoms. The van der Waals surface area contributed by atoms with Crippen LogP contribution in [0.5, 0.6) is 0 Å². The van der Waals surface area contributed by atoms with Gasteiger partial charge in [-0.15, -0.1) is 0 Å². The molecule has 0 spiro atoms. The highest BCUT2D eigenvalue weighted by molar-refractivity contribution is 5.93. The van der Waals surface area contributed by atoms with Crippen molar-refractivity contribution in [2.75, 3.05) is 0 Å². The molecule has 0 saturated carbocycles. The third-order valence-corrected chi connectivity index (χ3v) is 2.16. The summed E-state index contributed by atoms with van der Waals surface area (Å²) in [5, 5.41) is 0. The van der Waals surface area contributed by atoms with Crippen LogP contribution in [0.1, 0.15) is 15.9 Å². The molecule has 86 valence electrons. The standard InChI is InChI=1S/C13H12N2O2/c16-13(12-6-2-1-3-7-12)15-17-10-11-5-4-8-14-9-11/h1-9H,10H2,(H,15,16). The minimum absolute atomic E-state index is 0.255. The highest BCUT2D eigenvalue weighted by Gasteiger charge is 2.03. The Bertz CT molecular complexity index is 471. The lowest BCUT2D eigenvalue weighted by Gasteiger charge is -2.05. The number of benzene rings is 1. The molecule has 1 N–H and O–H groups in total. The molecule has 1 amide bonds. The van der Waals surface area contributed by atoms with Crippen LogP contribution in [0.4, 0.5) is 0 Å². The average Bonchev–Trinajstić information content (AvgIpc) is 2.41. The molecule has 0 aliphatic carbocycles. The Morgan fingerprint density at radius 2 is 2.00 bits per heavy atom. The minimum Gasteiger partial charge on any atom is -0.269 e. The first-order valence-corrected chi connectivity index (χ1v) is 5.22. The zero-order chi connectivity index (χ0) is 11.9. The number of hydroxylamine groups is 1. The van der Waals surface area contributed by atoms with Crippen LogP contribution >= 0.6 is 0 Å². The van der Waals surface area contributed by atoms with Crippen molar-refractivity contribution < 1.29 is 9.63 Å². The predicted octanol–water partition coefficient (Wildman–Crippen LogP) is 1.94. The fraction of sp³-hybridized carbons (Fsp3) is 0.0769. The van der Waals surface area contributed by atoms with E-state index < -0.39 is 0 Å². The zero-order valence-electron chi connectivity index (χ0n) is 9.17. The van der Waals surface area contributed by atoms with Gasteiger partial charge in [0.25, 0.3) is 5.91 Å². The largest absolute Gasteiger partial charge is 0.274 e. The number of nitrogens with zero attached hydrogens (tertiary/aromatic N) is 1. The number of amides is 1. The van der Waals surface area contributed by atoms with Crippen LogP contribution in [0.2, 0.25) is 0 Å². The molecule has 0 aliphatic heterocycles. The molecule has 2 rings (SSSR count). The van der Waals surface area contributed by atoms with Crippen molar-refractivity contribution in [3.8, 4) is 0 Å². The summed E-state index contributed by atoms with van der Waals surface area (Å²) in [5.41, 5.74) is 3.85. The second-order valence-corrected chi connectivity index (χ2v) is 3.45. The van der Waals surface area contributed by atoms with E-state index in [1.54, 1.807) is 36.7 Å².